The van der Waals surface area contributed by atoms with Crippen LogP contribution in [0.4, 0.5) is 0 Å². The standard InChI is InChI=1S/C18H16SSe/c1-3-7-15(8-4-1)11-12-16-13-19-14-18(16)20-17-9-5-2-6-10-17/h1-10,13-14H,11-12H2. The quantitative estimate of drug-likeness (QED) is 0.624. The van der Waals surface area contributed by atoms with Gasteiger partial charge in [0.25, 0.3) is 0 Å². The molecule has 0 saturated heterocycles. The molecule has 0 atom stereocenters. The van der Waals surface area contributed by atoms with E-state index in [4.69, 9.17) is 0 Å². The fraction of sp³-hybridized carbons (Fsp3) is 0.111. The predicted molar refractivity (Wildman–Crippen MR) is 89.6 cm³/mol. The first kappa shape index (κ1) is 13.6. The van der Waals surface area contributed by atoms with E-state index in [0.717, 1.165) is 12.8 Å². The van der Waals surface area contributed by atoms with Gasteiger partial charge in [-0.3, -0.25) is 0 Å². The Labute approximate surface area is 130 Å². The van der Waals surface area contributed by atoms with Crippen LogP contribution in [0.3, 0.4) is 0 Å². The Bertz CT molecular complexity index is 643. The molecule has 0 bridgehead atoms. The van der Waals surface area contributed by atoms with Crippen molar-refractivity contribution < 1.29 is 0 Å². The molecule has 0 fully saturated rings. The van der Waals surface area contributed by atoms with E-state index in [1.165, 1.54) is 15.6 Å². The Kier molecular flexibility index (Phi) is 4.70. The minimum atomic E-state index is 0.438. The van der Waals surface area contributed by atoms with E-state index in [1.807, 2.05) is 11.3 Å². The Morgan fingerprint density at radius 2 is 1.45 bits per heavy atom. The first-order valence-electron chi connectivity index (χ1n) is 6.74. The van der Waals surface area contributed by atoms with Crippen LogP contribution in [0, 0.1) is 0 Å². The topological polar surface area (TPSA) is 0 Å². The molecule has 2 aromatic carbocycles. The minimum absolute atomic E-state index is 0.438. The number of benzene rings is 2. The van der Waals surface area contributed by atoms with Crippen LogP contribution in [0.25, 0.3) is 0 Å². The number of rotatable bonds is 5. The van der Waals surface area contributed by atoms with E-state index in [1.54, 1.807) is 4.46 Å². The van der Waals surface area contributed by atoms with Crippen LogP contribution in [-0.2, 0) is 12.8 Å². The molecular formula is C18H16SSe. The molecule has 3 rings (SSSR count). The molecule has 0 aliphatic heterocycles. The molecule has 0 radical (unpaired) electrons. The van der Waals surface area contributed by atoms with Gasteiger partial charge in [-0.1, -0.05) is 0 Å². The van der Waals surface area contributed by atoms with Crippen LogP contribution < -0.4 is 8.92 Å². The van der Waals surface area contributed by atoms with Crippen molar-refractivity contribution in [3.63, 3.8) is 0 Å². The molecule has 20 heavy (non-hydrogen) atoms. The predicted octanol–water partition coefficient (Wildman–Crippen LogP) is 3.19. The van der Waals surface area contributed by atoms with Gasteiger partial charge in [0.2, 0.25) is 0 Å². The molecule has 0 spiro atoms. The number of hydrogen-bond donors (Lipinski definition) is 0. The van der Waals surface area contributed by atoms with E-state index in [-0.39, 0.29) is 0 Å². The third-order valence-corrected chi connectivity index (χ3v) is 6.65. The maximum atomic E-state index is 2.33. The van der Waals surface area contributed by atoms with E-state index >= 15 is 0 Å². The third-order valence-electron chi connectivity index (χ3n) is 3.20. The SMILES string of the molecule is c1ccc(CCc2cscc2[Se]c2ccccc2)cc1. The average Bonchev–Trinajstić information content (AvgIpc) is 2.94. The number of aryl methyl sites for hydroxylation is 2. The monoisotopic (exact) mass is 344 g/mol. The second-order valence-electron chi connectivity index (χ2n) is 4.66. The van der Waals surface area contributed by atoms with Crippen LogP contribution in [-0.4, -0.2) is 15.0 Å². The van der Waals surface area contributed by atoms with Gasteiger partial charge in [-0.05, 0) is 0 Å². The van der Waals surface area contributed by atoms with Gasteiger partial charge in [-0.2, -0.15) is 0 Å². The summed E-state index contributed by atoms with van der Waals surface area (Å²) >= 11 is 2.27. The van der Waals surface area contributed by atoms with Gasteiger partial charge in [0, 0.05) is 0 Å². The van der Waals surface area contributed by atoms with Crippen molar-refractivity contribution in [2.45, 2.75) is 12.8 Å². The Morgan fingerprint density at radius 1 is 0.750 bits per heavy atom. The summed E-state index contributed by atoms with van der Waals surface area (Å²) in [5.74, 6) is 0. The zero-order valence-corrected chi connectivity index (χ0v) is 13.7. The van der Waals surface area contributed by atoms with Gasteiger partial charge < -0.3 is 0 Å². The van der Waals surface area contributed by atoms with Gasteiger partial charge in [0.05, 0.1) is 0 Å². The van der Waals surface area contributed by atoms with E-state index in [9.17, 15) is 0 Å². The average molecular weight is 343 g/mol. The van der Waals surface area contributed by atoms with E-state index in [2.05, 4.69) is 71.4 Å². The molecule has 0 aliphatic rings. The molecular weight excluding hydrogens is 327 g/mol. The van der Waals surface area contributed by atoms with Crippen molar-refractivity contribution in [3.8, 4) is 0 Å². The zero-order valence-electron chi connectivity index (χ0n) is 11.2. The summed E-state index contributed by atoms with van der Waals surface area (Å²) in [6, 6.07) is 21.6. The number of thiophene rings is 1. The molecule has 1 heterocycles. The summed E-state index contributed by atoms with van der Waals surface area (Å²) in [4.78, 5) is 0. The molecule has 0 amide bonds. The van der Waals surface area contributed by atoms with Crippen LogP contribution in [0.1, 0.15) is 11.1 Å². The fourth-order valence-electron chi connectivity index (χ4n) is 2.12. The molecule has 3 aromatic rings. The third kappa shape index (κ3) is 3.61. The van der Waals surface area contributed by atoms with Crippen molar-refractivity contribution in [2.75, 3.05) is 0 Å². The molecule has 1 aromatic heterocycles. The fourth-order valence-corrected chi connectivity index (χ4v) is 5.50. The molecule has 0 saturated carbocycles. The summed E-state index contributed by atoms with van der Waals surface area (Å²) < 4.78 is 3.00. The molecule has 0 unspecified atom stereocenters. The second-order valence-corrected chi connectivity index (χ2v) is 7.75. The molecule has 0 N–H and O–H groups in total. The van der Waals surface area contributed by atoms with Gasteiger partial charge >= 0.3 is 131 Å². The van der Waals surface area contributed by atoms with E-state index in [0.29, 0.717) is 15.0 Å². The van der Waals surface area contributed by atoms with Crippen LogP contribution >= 0.6 is 11.3 Å². The first-order chi connectivity index (χ1) is 9.92. The van der Waals surface area contributed by atoms with Crippen molar-refractivity contribution in [2.24, 2.45) is 0 Å². The van der Waals surface area contributed by atoms with Crippen LogP contribution in [0.15, 0.2) is 71.4 Å². The summed E-state index contributed by atoms with van der Waals surface area (Å²) in [6.45, 7) is 0. The normalized spacial score (nSPS) is 10.6. The Balaban J connectivity index is 1.68. The van der Waals surface area contributed by atoms with Crippen molar-refractivity contribution in [1.82, 2.24) is 0 Å². The maximum absolute atomic E-state index is 2.33. The summed E-state index contributed by atoms with van der Waals surface area (Å²) in [7, 11) is 0. The van der Waals surface area contributed by atoms with Gasteiger partial charge in [-0.25, -0.2) is 0 Å². The Hall–Kier alpha value is -1.34. The van der Waals surface area contributed by atoms with Gasteiger partial charge in [0.15, 0.2) is 0 Å². The number of hydrogen-bond acceptors (Lipinski definition) is 1. The van der Waals surface area contributed by atoms with Crippen molar-refractivity contribution in [1.29, 1.82) is 0 Å². The Morgan fingerprint density at radius 3 is 2.20 bits per heavy atom. The first-order valence-corrected chi connectivity index (χ1v) is 9.39. The van der Waals surface area contributed by atoms with Crippen molar-refractivity contribution in [3.05, 3.63) is 82.6 Å². The van der Waals surface area contributed by atoms with Crippen molar-refractivity contribution >= 4 is 35.2 Å². The summed E-state index contributed by atoms with van der Waals surface area (Å²) in [5.41, 5.74) is 2.96. The molecule has 100 valence electrons. The zero-order chi connectivity index (χ0) is 13.6. The van der Waals surface area contributed by atoms with Gasteiger partial charge in [0.1, 0.15) is 0 Å². The van der Waals surface area contributed by atoms with Crippen LogP contribution in [0.5, 0.6) is 0 Å². The molecule has 0 nitrogen and oxygen atoms in total. The van der Waals surface area contributed by atoms with Crippen LogP contribution in [0.2, 0.25) is 0 Å². The molecule has 0 aliphatic carbocycles. The molecule has 2 heteroatoms. The summed E-state index contributed by atoms with van der Waals surface area (Å²) in [5, 5.41) is 4.65. The summed E-state index contributed by atoms with van der Waals surface area (Å²) in [6.07, 6.45) is 2.28. The van der Waals surface area contributed by atoms with E-state index < -0.39 is 0 Å². The second kappa shape index (κ2) is 6.90. The van der Waals surface area contributed by atoms with Gasteiger partial charge in [-0.15, -0.1) is 0 Å².